The number of aliphatic carboxylic acids is 1. The molecule has 0 bridgehead atoms. The molecule has 0 radical (unpaired) electrons. The number of aromatic nitrogens is 2. The van der Waals surface area contributed by atoms with Crippen molar-refractivity contribution in [3.63, 3.8) is 0 Å². The molecule has 5 rings (SSSR count). The third kappa shape index (κ3) is 8.57. The lowest BCUT2D eigenvalue weighted by Gasteiger charge is -2.21. The van der Waals surface area contributed by atoms with E-state index in [-0.39, 0.29) is 24.7 Å². The highest BCUT2D eigenvalue weighted by Crippen LogP contribution is 2.36. The Bertz CT molecular complexity index is 1810. The number of nitrogens with one attached hydrogen (secondary N) is 2. The molecule has 4 aromatic rings. The minimum Gasteiger partial charge on any atom is -0.480 e. The van der Waals surface area contributed by atoms with E-state index < -0.39 is 35.8 Å². The number of thiophene rings is 1. The Morgan fingerprint density at radius 1 is 0.896 bits per heavy atom. The first-order chi connectivity index (χ1) is 22.7. The van der Waals surface area contributed by atoms with E-state index in [0.717, 1.165) is 38.3 Å². The number of alkyl halides is 2. The molecule has 2 amide bonds. The van der Waals surface area contributed by atoms with Gasteiger partial charge in [-0.3, -0.25) is 14.4 Å². The van der Waals surface area contributed by atoms with Crippen molar-refractivity contribution in [1.29, 1.82) is 0 Å². The average molecular weight is 673 g/mol. The number of hydrogen-bond donors (Lipinski definition) is 3. The summed E-state index contributed by atoms with van der Waals surface area (Å²) >= 11 is 1.36. The quantitative estimate of drug-likeness (QED) is 0.163. The van der Waals surface area contributed by atoms with Gasteiger partial charge in [0.05, 0.1) is 4.88 Å². The van der Waals surface area contributed by atoms with E-state index in [2.05, 4.69) is 41.4 Å². The van der Waals surface area contributed by atoms with E-state index in [1.165, 1.54) is 18.3 Å². The van der Waals surface area contributed by atoms with Gasteiger partial charge < -0.3 is 15.7 Å². The normalized spacial score (nSPS) is 15.6. The van der Waals surface area contributed by atoms with Crippen LogP contribution in [0, 0.1) is 0 Å². The second-order valence-corrected chi connectivity index (χ2v) is 14.2. The largest absolute Gasteiger partial charge is 0.480 e. The molecule has 2 aromatic carbocycles. The lowest BCUT2D eigenvalue weighted by Crippen LogP contribution is -2.51. The Kier molecular flexibility index (Phi) is 10.2. The first kappa shape index (κ1) is 34.6. The fourth-order valence-corrected chi connectivity index (χ4v) is 6.23. The predicted octanol–water partition coefficient (Wildman–Crippen LogP) is 7.30. The van der Waals surface area contributed by atoms with Gasteiger partial charge in [0.15, 0.2) is 5.82 Å². The first-order valence-corrected chi connectivity index (χ1v) is 16.5. The number of rotatable bonds is 10. The van der Waals surface area contributed by atoms with Crippen LogP contribution in [0.5, 0.6) is 0 Å². The lowest BCUT2D eigenvalue weighted by molar-refractivity contribution is -0.141. The maximum Gasteiger partial charge on any atom is 0.325 e. The molecule has 0 aliphatic heterocycles. The summed E-state index contributed by atoms with van der Waals surface area (Å²) in [5, 5.41) is 14.6. The van der Waals surface area contributed by atoms with Crippen LogP contribution in [0.15, 0.2) is 79.1 Å². The molecule has 11 heteroatoms. The molecule has 2 atom stereocenters. The third-order valence-electron chi connectivity index (χ3n) is 8.22. The molecule has 2 aromatic heterocycles. The van der Waals surface area contributed by atoms with Crippen molar-refractivity contribution in [2.75, 3.05) is 0 Å². The number of hydrogen-bond acceptors (Lipinski definition) is 6. The molecule has 48 heavy (non-hydrogen) atoms. The Morgan fingerprint density at radius 3 is 2.08 bits per heavy atom. The molecule has 1 aliphatic carbocycles. The molecule has 0 saturated heterocycles. The van der Waals surface area contributed by atoms with E-state index in [0.29, 0.717) is 17.1 Å². The molecular formula is C37H38F2N4O4S. The number of carbonyl (C=O) groups excluding carboxylic acids is 2. The highest BCUT2D eigenvalue weighted by atomic mass is 32.1. The van der Waals surface area contributed by atoms with Gasteiger partial charge in [0.25, 0.3) is 11.8 Å². The van der Waals surface area contributed by atoms with Crippen molar-refractivity contribution in [1.82, 2.24) is 20.6 Å². The lowest BCUT2D eigenvalue weighted by atomic mass is 9.91. The monoisotopic (exact) mass is 672 g/mol. The predicted molar refractivity (Wildman–Crippen MR) is 183 cm³/mol. The van der Waals surface area contributed by atoms with Gasteiger partial charge in [-0.1, -0.05) is 75.4 Å². The smallest absolute Gasteiger partial charge is 0.325 e. The first-order valence-electron chi connectivity index (χ1n) is 15.7. The van der Waals surface area contributed by atoms with Crippen LogP contribution in [0.25, 0.3) is 28.1 Å². The van der Waals surface area contributed by atoms with Gasteiger partial charge in [0, 0.05) is 47.7 Å². The van der Waals surface area contributed by atoms with Gasteiger partial charge in [-0.15, -0.1) is 11.3 Å². The zero-order chi connectivity index (χ0) is 34.6. The highest BCUT2D eigenvalue weighted by molar-refractivity contribution is 7.14. The summed E-state index contributed by atoms with van der Waals surface area (Å²) < 4.78 is 27.0. The highest BCUT2D eigenvalue weighted by Gasteiger charge is 2.31. The van der Waals surface area contributed by atoms with Crippen LogP contribution < -0.4 is 10.6 Å². The fourth-order valence-electron chi connectivity index (χ4n) is 5.26. The molecule has 1 aliphatic rings. The number of nitrogens with zero attached hydrogens (tertiary/aromatic N) is 2. The third-order valence-corrected chi connectivity index (χ3v) is 9.73. The summed E-state index contributed by atoms with van der Waals surface area (Å²) in [5.41, 5.74) is 4.95. The van der Waals surface area contributed by atoms with E-state index in [9.17, 15) is 28.3 Å². The minimum atomic E-state index is -2.62. The number of carbonyl (C=O) groups is 3. The van der Waals surface area contributed by atoms with Crippen molar-refractivity contribution < 1.29 is 28.3 Å². The van der Waals surface area contributed by atoms with E-state index in [1.807, 2.05) is 54.6 Å². The zero-order valence-electron chi connectivity index (χ0n) is 27.2. The van der Waals surface area contributed by atoms with E-state index in [4.69, 9.17) is 0 Å². The number of halogens is 2. The van der Waals surface area contributed by atoms with Crippen LogP contribution in [0.3, 0.4) is 0 Å². The van der Waals surface area contributed by atoms with Crippen LogP contribution in [-0.4, -0.2) is 50.9 Å². The molecule has 0 saturated carbocycles. The van der Waals surface area contributed by atoms with Crippen LogP contribution >= 0.6 is 11.3 Å². The molecular weight excluding hydrogens is 634 g/mol. The molecule has 0 spiro atoms. The van der Waals surface area contributed by atoms with Gasteiger partial charge >= 0.3 is 5.97 Å². The van der Waals surface area contributed by atoms with Gasteiger partial charge in [0.1, 0.15) is 12.1 Å². The summed E-state index contributed by atoms with van der Waals surface area (Å²) in [6, 6.07) is 16.5. The number of benzene rings is 2. The van der Waals surface area contributed by atoms with Crippen molar-refractivity contribution in [2.45, 2.75) is 76.8 Å². The summed E-state index contributed by atoms with van der Waals surface area (Å²) in [4.78, 5) is 48.2. The van der Waals surface area contributed by atoms with Crippen LogP contribution in [0.4, 0.5) is 8.78 Å². The SMILES string of the molecule is C[C@@H](NC(=O)[C@H](Cc1ccc(-c2ncc(-c3ccc(C4=CCC(F)(F)CC4)cc3)cn2)cc1)NC(=O)c1ccc(C(C)(C)C)s1)C(=O)O. The Hall–Kier alpha value is -4.77. The molecule has 8 nitrogen and oxygen atoms in total. The van der Waals surface area contributed by atoms with E-state index in [1.54, 1.807) is 24.5 Å². The second-order valence-electron chi connectivity index (χ2n) is 13.1. The minimum absolute atomic E-state index is 0.132. The summed E-state index contributed by atoms with van der Waals surface area (Å²) in [5.74, 6) is -4.31. The van der Waals surface area contributed by atoms with Gasteiger partial charge in [-0.2, -0.15) is 0 Å². The molecule has 250 valence electrons. The maximum absolute atomic E-state index is 13.5. The summed E-state index contributed by atoms with van der Waals surface area (Å²) in [7, 11) is 0. The average Bonchev–Trinajstić information content (AvgIpc) is 3.57. The number of carboxylic acids is 1. The van der Waals surface area contributed by atoms with Gasteiger partial charge in [-0.25, -0.2) is 18.7 Å². The van der Waals surface area contributed by atoms with Crippen LogP contribution in [0.2, 0.25) is 0 Å². The summed E-state index contributed by atoms with van der Waals surface area (Å²) in [6.07, 6.45) is 5.19. The molecule has 0 fully saturated rings. The molecule has 2 heterocycles. The Morgan fingerprint density at radius 2 is 1.52 bits per heavy atom. The van der Waals surface area contributed by atoms with Crippen LogP contribution in [0.1, 0.15) is 72.6 Å². The Balaban J connectivity index is 1.26. The second kappa shape index (κ2) is 14.1. The van der Waals surface area contributed by atoms with Crippen molar-refractivity contribution >= 4 is 34.7 Å². The number of amides is 2. The van der Waals surface area contributed by atoms with Crippen molar-refractivity contribution in [3.8, 4) is 22.5 Å². The zero-order valence-corrected chi connectivity index (χ0v) is 28.0. The van der Waals surface area contributed by atoms with Crippen LogP contribution in [-0.2, 0) is 21.4 Å². The van der Waals surface area contributed by atoms with Gasteiger partial charge in [0.2, 0.25) is 5.91 Å². The molecule has 0 unspecified atom stereocenters. The van der Waals surface area contributed by atoms with Crippen molar-refractivity contribution in [2.24, 2.45) is 0 Å². The Labute approximate surface area is 282 Å². The number of carboxylic acid groups (broad SMARTS) is 1. The van der Waals surface area contributed by atoms with Gasteiger partial charge in [-0.05, 0) is 53.2 Å². The standard InChI is InChI=1S/C37H38F2N4O4S/c1-22(35(46)47)42-33(44)29(43-34(45)30-13-14-31(48-30)36(2,3)4)19-23-5-7-27(8-6-23)32-40-20-28(21-41-32)25-11-9-24(10-12-25)26-15-17-37(38,39)18-16-26/h5-15,20-22,29H,16-19H2,1-4H3,(H,42,44)(H,43,45)(H,46,47)/t22-,29+/m1/s1. The maximum atomic E-state index is 13.5. The number of allylic oxidation sites excluding steroid dienone is 2. The van der Waals surface area contributed by atoms with Crippen molar-refractivity contribution in [3.05, 3.63) is 100 Å². The fraction of sp³-hybridized carbons (Fsp3) is 0.324. The molecule has 3 N–H and O–H groups in total. The summed E-state index contributed by atoms with van der Waals surface area (Å²) in [6.45, 7) is 7.53. The topological polar surface area (TPSA) is 121 Å². The van der Waals surface area contributed by atoms with E-state index >= 15 is 0 Å².